The van der Waals surface area contributed by atoms with E-state index >= 15 is 0 Å². The molecule has 1 aromatic heterocycles. The second-order valence-corrected chi connectivity index (χ2v) is 5.63. The van der Waals surface area contributed by atoms with E-state index < -0.39 is 17.4 Å². The van der Waals surface area contributed by atoms with Crippen molar-refractivity contribution in [1.82, 2.24) is 9.97 Å². The van der Waals surface area contributed by atoms with Crippen LogP contribution in [-0.4, -0.2) is 40.4 Å². The highest BCUT2D eigenvalue weighted by atomic mass is 32.1. The van der Waals surface area contributed by atoms with Crippen LogP contribution in [0.3, 0.4) is 0 Å². The van der Waals surface area contributed by atoms with Crippen molar-refractivity contribution in [1.29, 1.82) is 0 Å². The normalized spacial score (nSPS) is 13.0. The van der Waals surface area contributed by atoms with Gasteiger partial charge in [0.05, 0.1) is 19.6 Å². The first kappa shape index (κ1) is 17.4. The molecule has 0 bridgehead atoms. The molecule has 0 spiro atoms. The van der Waals surface area contributed by atoms with E-state index in [2.05, 4.69) is 15.0 Å². The third kappa shape index (κ3) is 2.86. The maximum atomic E-state index is 12.1. The molecule has 2 heterocycles. The van der Waals surface area contributed by atoms with Gasteiger partial charge in [-0.15, -0.1) is 0 Å². The predicted molar refractivity (Wildman–Crippen MR) is 93.4 cm³/mol. The Labute approximate surface area is 150 Å². The summed E-state index contributed by atoms with van der Waals surface area (Å²) < 4.78 is 10.6. The van der Waals surface area contributed by atoms with Gasteiger partial charge in [0.25, 0.3) is 5.56 Å². The largest absolute Gasteiger partial charge is 0.496 e. The number of aliphatic carboxylic acids is 1. The van der Waals surface area contributed by atoms with E-state index in [-0.39, 0.29) is 27.1 Å². The van der Waals surface area contributed by atoms with Crippen LogP contribution in [0.2, 0.25) is 0 Å². The summed E-state index contributed by atoms with van der Waals surface area (Å²) >= 11 is 4.80. The number of methoxy groups -OCH3 is 2. The summed E-state index contributed by atoms with van der Waals surface area (Å²) in [6.07, 6.45) is 2.69. The van der Waals surface area contributed by atoms with Gasteiger partial charge in [-0.05, 0) is 24.4 Å². The number of rotatable bonds is 4. The van der Waals surface area contributed by atoms with Crippen molar-refractivity contribution in [3.05, 3.63) is 48.6 Å². The molecule has 4 N–H and O–H groups in total. The third-order valence-electron chi connectivity index (χ3n) is 3.72. The van der Waals surface area contributed by atoms with Crippen LogP contribution in [-0.2, 0) is 4.79 Å². The standard InChI is InChI=1S/C16H13N3O6S/c1-24-10-5-11(25-2)7-4-9(15(22)23)17-12(7)6(10)3-8-13(20)18-16(26)19-14(8)21/h3-5H,1-2H3,(H,22,23)(H3,18,19,20,21,26). The molecule has 9 nitrogen and oxygen atoms in total. The van der Waals surface area contributed by atoms with Crippen molar-refractivity contribution in [2.45, 2.75) is 0 Å². The zero-order valence-corrected chi connectivity index (χ0v) is 14.4. The number of fused-ring (bicyclic) bond motifs is 1. The Bertz CT molecular complexity index is 1190. The minimum absolute atomic E-state index is 0.0314. The van der Waals surface area contributed by atoms with Crippen LogP contribution in [0.1, 0.15) is 11.1 Å². The number of carboxylic acids is 1. The molecule has 0 saturated heterocycles. The molecule has 0 radical (unpaired) electrons. The number of hydrogen-bond donors (Lipinski definition) is 4. The van der Waals surface area contributed by atoms with Crippen molar-refractivity contribution >= 4 is 30.3 Å². The topological polar surface area (TPSA) is 137 Å². The number of hydrogen-bond acceptors (Lipinski definition) is 7. The van der Waals surface area contributed by atoms with Crippen molar-refractivity contribution in [3.8, 4) is 17.4 Å². The first-order valence-electron chi connectivity index (χ1n) is 7.21. The number of benzene rings is 1. The highest BCUT2D eigenvalue weighted by Crippen LogP contribution is 2.24. The monoisotopic (exact) mass is 375 g/mol. The Morgan fingerprint density at radius 3 is 2.54 bits per heavy atom. The van der Waals surface area contributed by atoms with Gasteiger partial charge in [0.1, 0.15) is 22.8 Å². The lowest BCUT2D eigenvalue weighted by Crippen LogP contribution is -2.30. The molecule has 26 heavy (non-hydrogen) atoms. The van der Waals surface area contributed by atoms with Gasteiger partial charge in [-0.2, -0.15) is 0 Å². The van der Waals surface area contributed by atoms with Gasteiger partial charge < -0.3 is 24.7 Å². The van der Waals surface area contributed by atoms with E-state index in [1.165, 1.54) is 32.4 Å². The summed E-state index contributed by atoms with van der Waals surface area (Å²) in [7, 11) is 2.83. The minimum atomic E-state index is -1.21. The van der Waals surface area contributed by atoms with E-state index in [9.17, 15) is 19.8 Å². The molecule has 0 saturated carbocycles. The van der Waals surface area contributed by atoms with E-state index in [1.807, 2.05) is 0 Å². The fourth-order valence-corrected chi connectivity index (χ4v) is 2.74. The number of aromatic hydroxyl groups is 1. The molecule has 0 unspecified atom stereocenters. The lowest BCUT2D eigenvalue weighted by molar-refractivity contribution is -0.132. The molecule has 0 atom stereocenters. The summed E-state index contributed by atoms with van der Waals surface area (Å²) in [5, 5.41) is 19.8. The number of carbonyl (C=O) groups is 1. The van der Waals surface area contributed by atoms with E-state index in [4.69, 9.17) is 21.7 Å². The number of ether oxygens (including phenoxy) is 2. The van der Waals surface area contributed by atoms with Crippen LogP contribution in [0, 0.1) is 4.77 Å². The number of carboxylic acid groups (broad SMARTS) is 1. The lowest BCUT2D eigenvalue weighted by atomic mass is 10.1. The van der Waals surface area contributed by atoms with E-state index in [0.29, 0.717) is 16.5 Å². The highest BCUT2D eigenvalue weighted by molar-refractivity contribution is 7.71. The molecular weight excluding hydrogens is 362 g/mol. The van der Waals surface area contributed by atoms with Crippen LogP contribution in [0.4, 0.5) is 0 Å². The summed E-state index contributed by atoms with van der Waals surface area (Å²) in [5.74, 6) is -1.00. The van der Waals surface area contributed by atoms with Gasteiger partial charge in [-0.25, -0.2) is 9.79 Å². The van der Waals surface area contributed by atoms with Gasteiger partial charge >= 0.3 is 5.97 Å². The van der Waals surface area contributed by atoms with Gasteiger partial charge in [0.2, 0.25) is 5.88 Å². The fraction of sp³-hybridized carbons (Fsp3) is 0.125. The first-order valence-corrected chi connectivity index (χ1v) is 7.62. The van der Waals surface area contributed by atoms with Crippen LogP contribution in [0.15, 0.2) is 21.6 Å². The zero-order chi connectivity index (χ0) is 19.0. The molecule has 0 aliphatic carbocycles. The van der Waals surface area contributed by atoms with Crippen LogP contribution in [0.5, 0.6) is 17.4 Å². The molecule has 134 valence electrons. The van der Waals surface area contributed by atoms with E-state index in [0.717, 1.165) is 0 Å². The van der Waals surface area contributed by atoms with Crippen molar-refractivity contribution in [3.63, 3.8) is 0 Å². The number of H-pyrrole nitrogens is 2. The Morgan fingerprint density at radius 2 is 1.96 bits per heavy atom. The number of aromatic nitrogens is 2. The van der Waals surface area contributed by atoms with Gasteiger partial charge in [0, 0.05) is 16.8 Å². The average molecular weight is 375 g/mol. The molecule has 1 aliphatic heterocycles. The van der Waals surface area contributed by atoms with E-state index in [1.54, 1.807) is 0 Å². The number of aromatic amines is 2. The van der Waals surface area contributed by atoms with Gasteiger partial charge in [-0.1, -0.05) is 0 Å². The van der Waals surface area contributed by atoms with Crippen LogP contribution in [0.25, 0.3) is 12.2 Å². The zero-order valence-electron chi connectivity index (χ0n) is 13.6. The quantitative estimate of drug-likeness (QED) is 0.554. The van der Waals surface area contributed by atoms with Gasteiger partial charge in [-0.3, -0.25) is 9.78 Å². The van der Waals surface area contributed by atoms with Crippen molar-refractivity contribution in [2.24, 2.45) is 4.99 Å². The summed E-state index contributed by atoms with van der Waals surface area (Å²) in [4.78, 5) is 32.3. The Hall–Kier alpha value is -3.40. The smallest absolute Gasteiger partial charge is 0.354 e. The Balaban J connectivity index is 2.44. The summed E-state index contributed by atoms with van der Waals surface area (Å²) in [6.45, 7) is 0. The van der Waals surface area contributed by atoms with Crippen LogP contribution >= 0.6 is 12.2 Å². The minimum Gasteiger partial charge on any atom is -0.496 e. The maximum absolute atomic E-state index is 12.1. The molecular formula is C16H13N3O6S. The number of nitrogens with zero attached hydrogens (tertiary/aromatic N) is 1. The Kier molecular flexibility index (Phi) is 4.34. The molecule has 0 amide bonds. The lowest BCUT2D eigenvalue weighted by Gasteiger charge is -2.08. The highest BCUT2D eigenvalue weighted by Gasteiger charge is 2.20. The molecule has 3 rings (SSSR count). The maximum Gasteiger partial charge on any atom is 0.354 e. The molecule has 1 aromatic carbocycles. The van der Waals surface area contributed by atoms with Gasteiger partial charge in [0.15, 0.2) is 4.77 Å². The van der Waals surface area contributed by atoms with Crippen LogP contribution < -0.4 is 25.6 Å². The predicted octanol–water partition coefficient (Wildman–Crippen LogP) is 0.0428. The SMILES string of the molecule is COc1cc(OC)c(=Cc2c(O)[nH]c(=S)[nH]c2=O)c2c1C=C(C(=O)O)N=2. The second kappa shape index (κ2) is 6.48. The molecule has 1 aliphatic rings. The fourth-order valence-electron chi connectivity index (χ4n) is 2.55. The van der Waals surface area contributed by atoms with Crippen molar-refractivity contribution < 1.29 is 24.5 Å². The first-order chi connectivity index (χ1) is 12.3. The average Bonchev–Trinajstić information content (AvgIpc) is 3.03. The third-order valence-corrected chi connectivity index (χ3v) is 3.93. The Morgan fingerprint density at radius 1 is 1.27 bits per heavy atom. The summed E-state index contributed by atoms with van der Waals surface area (Å²) in [5.41, 5.74) is -0.492. The molecule has 0 fully saturated rings. The molecule has 2 aromatic rings. The number of nitrogens with one attached hydrogen (secondary N) is 2. The van der Waals surface area contributed by atoms with Crippen molar-refractivity contribution in [2.75, 3.05) is 14.2 Å². The second-order valence-electron chi connectivity index (χ2n) is 5.22. The summed E-state index contributed by atoms with van der Waals surface area (Å²) in [6, 6.07) is 1.54. The molecule has 10 heteroatoms.